The molecule has 3 heterocycles. The molecule has 2 saturated heterocycles. The molecule has 1 amide bonds. The van der Waals surface area contributed by atoms with Gasteiger partial charge in [-0.3, -0.25) is 9.69 Å². The highest BCUT2D eigenvalue weighted by Gasteiger charge is 2.55. The number of likely N-dealkylation sites (tertiary alicyclic amines) is 1. The van der Waals surface area contributed by atoms with E-state index < -0.39 is 11.0 Å². The lowest BCUT2D eigenvalue weighted by Crippen LogP contribution is -2.63. The maximum atomic E-state index is 13.0. The molecule has 182 valence electrons. The quantitative estimate of drug-likeness (QED) is 0.581. The third-order valence-electron chi connectivity index (χ3n) is 7.84. The topological polar surface area (TPSA) is 69.6 Å². The molecule has 3 aromatic rings. The average Bonchev–Trinajstić information content (AvgIpc) is 3.25. The first kappa shape index (κ1) is 23.6. The normalized spacial score (nSPS) is 21.7. The van der Waals surface area contributed by atoms with Crippen LogP contribution < -0.4 is 4.90 Å². The zero-order valence-corrected chi connectivity index (χ0v) is 21.0. The first-order valence-electron chi connectivity index (χ1n) is 12.4. The molecule has 2 fully saturated rings. The van der Waals surface area contributed by atoms with E-state index in [1.807, 2.05) is 36.4 Å². The number of benzene rings is 2. The molecule has 2 aromatic carbocycles. The summed E-state index contributed by atoms with van der Waals surface area (Å²) in [7, 11) is 2.06. The number of nitrogens with zero attached hydrogens (tertiary/aromatic N) is 4. The predicted octanol–water partition coefficient (Wildman–Crippen LogP) is 4.31. The Morgan fingerprint density at radius 1 is 1.06 bits per heavy atom. The average molecular weight is 471 g/mol. The summed E-state index contributed by atoms with van der Waals surface area (Å²) in [6.45, 7) is 8.52. The Bertz CT molecular complexity index is 1200. The summed E-state index contributed by atoms with van der Waals surface area (Å²) in [5, 5.41) is 21.0. The number of anilines is 1. The number of amides is 1. The number of aromatic nitrogens is 2. The van der Waals surface area contributed by atoms with Crippen molar-refractivity contribution in [3.05, 3.63) is 89.1 Å². The second-order valence-corrected chi connectivity index (χ2v) is 10.8. The molecule has 6 heteroatoms. The lowest BCUT2D eigenvalue weighted by Gasteiger charge is -2.55. The molecule has 0 spiro atoms. The number of carbonyl (C=O) groups excluding carboxylic acids is 1. The van der Waals surface area contributed by atoms with E-state index in [0.717, 1.165) is 24.2 Å². The monoisotopic (exact) mass is 470 g/mol. The van der Waals surface area contributed by atoms with Crippen LogP contribution in [0.15, 0.2) is 66.9 Å². The molecule has 0 bridgehead atoms. The summed E-state index contributed by atoms with van der Waals surface area (Å²) in [5.74, 6) is 1.06. The fraction of sp³-hybridized carbons (Fsp3) is 0.414. The Hall–Kier alpha value is -3.09. The lowest BCUT2D eigenvalue weighted by atomic mass is 9.62. The van der Waals surface area contributed by atoms with Crippen LogP contribution >= 0.6 is 0 Å². The number of hydrogen-bond donors (Lipinski definition) is 1. The van der Waals surface area contributed by atoms with E-state index >= 15 is 0 Å². The van der Waals surface area contributed by atoms with Gasteiger partial charge in [0.05, 0.1) is 6.20 Å². The molecule has 0 radical (unpaired) electrons. The van der Waals surface area contributed by atoms with Crippen molar-refractivity contribution in [1.29, 1.82) is 0 Å². The van der Waals surface area contributed by atoms with Crippen LogP contribution in [0.1, 0.15) is 61.3 Å². The molecule has 2 atom stereocenters. The molecule has 1 aromatic heterocycles. The van der Waals surface area contributed by atoms with Crippen molar-refractivity contribution in [3.63, 3.8) is 0 Å². The van der Waals surface area contributed by atoms with Gasteiger partial charge in [0, 0.05) is 43.0 Å². The third kappa shape index (κ3) is 4.05. The highest BCUT2D eigenvalue weighted by molar-refractivity contribution is 5.95. The molecule has 5 rings (SSSR count). The van der Waals surface area contributed by atoms with Crippen LogP contribution in [0.2, 0.25) is 0 Å². The van der Waals surface area contributed by atoms with Crippen LogP contribution in [0, 0.1) is 5.41 Å². The minimum Gasteiger partial charge on any atom is -0.380 e. The highest BCUT2D eigenvalue weighted by Crippen LogP contribution is 2.50. The summed E-state index contributed by atoms with van der Waals surface area (Å²) in [5.41, 5.74) is 2.23. The molecule has 6 nitrogen and oxygen atoms in total. The van der Waals surface area contributed by atoms with Gasteiger partial charge in [0.2, 0.25) is 5.91 Å². The van der Waals surface area contributed by atoms with Crippen LogP contribution in [0.3, 0.4) is 0 Å². The minimum atomic E-state index is -1.26. The van der Waals surface area contributed by atoms with E-state index in [-0.39, 0.29) is 11.8 Å². The first-order valence-corrected chi connectivity index (χ1v) is 12.4. The van der Waals surface area contributed by atoms with Gasteiger partial charge in [-0.15, -0.1) is 5.10 Å². The fourth-order valence-electron chi connectivity index (χ4n) is 5.91. The molecule has 0 aliphatic carbocycles. The van der Waals surface area contributed by atoms with Crippen LogP contribution in [0.25, 0.3) is 0 Å². The van der Waals surface area contributed by atoms with Crippen LogP contribution in [-0.4, -0.2) is 52.8 Å². The lowest BCUT2D eigenvalue weighted by molar-refractivity contribution is -0.127. The van der Waals surface area contributed by atoms with Crippen LogP contribution in [0.4, 0.5) is 5.82 Å². The third-order valence-corrected chi connectivity index (χ3v) is 7.84. The van der Waals surface area contributed by atoms with Gasteiger partial charge in [-0.1, -0.05) is 75.4 Å². The fourth-order valence-corrected chi connectivity index (χ4v) is 5.91. The van der Waals surface area contributed by atoms with Crippen molar-refractivity contribution in [2.24, 2.45) is 5.41 Å². The maximum absolute atomic E-state index is 13.0. The van der Waals surface area contributed by atoms with Crippen molar-refractivity contribution >= 4 is 11.7 Å². The highest BCUT2D eigenvalue weighted by atomic mass is 16.3. The summed E-state index contributed by atoms with van der Waals surface area (Å²) >= 11 is 0. The zero-order chi connectivity index (χ0) is 24.8. The molecule has 2 aliphatic heterocycles. The number of aliphatic hydroxyl groups is 1. The van der Waals surface area contributed by atoms with Gasteiger partial charge in [0.25, 0.3) is 0 Å². The van der Waals surface area contributed by atoms with Crippen molar-refractivity contribution in [1.82, 2.24) is 15.1 Å². The SMILES string of the molecule is CC(C)c1ccc(C(O)(c2cnnc(N3CC(c4ccccc4)CC3=O)c2)C2(C)CN(C)C2)cc1. The zero-order valence-electron chi connectivity index (χ0n) is 21.0. The standard InChI is InChI=1S/C29H34N4O2/c1-20(2)21-10-12-24(13-11-21)29(35,28(3)18-32(4)19-28)25-15-26(31-30-16-25)33-17-23(14-27(33)34)22-8-6-5-7-9-22/h5-13,15-16,20,23,35H,14,17-19H2,1-4H3. The Morgan fingerprint density at radius 3 is 2.37 bits per heavy atom. The van der Waals surface area contributed by atoms with Gasteiger partial charge in [-0.2, -0.15) is 5.10 Å². The van der Waals surface area contributed by atoms with Gasteiger partial charge < -0.3 is 10.0 Å². The van der Waals surface area contributed by atoms with Crippen LogP contribution in [-0.2, 0) is 10.4 Å². The second-order valence-electron chi connectivity index (χ2n) is 10.8. The summed E-state index contributed by atoms with van der Waals surface area (Å²) < 4.78 is 0. The van der Waals surface area contributed by atoms with Gasteiger partial charge in [-0.05, 0) is 35.7 Å². The van der Waals surface area contributed by atoms with Crippen LogP contribution in [0.5, 0.6) is 0 Å². The van der Waals surface area contributed by atoms with Gasteiger partial charge in [0.15, 0.2) is 5.82 Å². The van der Waals surface area contributed by atoms with Gasteiger partial charge >= 0.3 is 0 Å². The molecule has 1 N–H and O–H groups in total. The Kier molecular flexibility index (Phi) is 5.98. The molecule has 2 unspecified atom stereocenters. The number of rotatable bonds is 6. The van der Waals surface area contributed by atoms with E-state index in [0.29, 0.717) is 30.3 Å². The Labute approximate surface area is 207 Å². The molecule has 35 heavy (non-hydrogen) atoms. The largest absolute Gasteiger partial charge is 0.380 e. The summed E-state index contributed by atoms with van der Waals surface area (Å²) in [4.78, 5) is 16.9. The van der Waals surface area contributed by atoms with Crippen molar-refractivity contribution in [2.75, 3.05) is 31.6 Å². The predicted molar refractivity (Wildman–Crippen MR) is 137 cm³/mol. The Balaban J connectivity index is 1.52. The second kappa shape index (κ2) is 8.85. The molecule has 0 saturated carbocycles. The molecular weight excluding hydrogens is 436 g/mol. The van der Waals surface area contributed by atoms with Gasteiger partial charge in [0.1, 0.15) is 5.60 Å². The summed E-state index contributed by atoms with van der Waals surface area (Å²) in [6, 6.07) is 20.2. The van der Waals surface area contributed by atoms with E-state index in [2.05, 4.69) is 67.2 Å². The number of hydrogen-bond acceptors (Lipinski definition) is 5. The molecule has 2 aliphatic rings. The van der Waals surface area contributed by atoms with E-state index in [1.54, 1.807) is 11.1 Å². The smallest absolute Gasteiger partial charge is 0.228 e. The first-order chi connectivity index (χ1) is 16.7. The Morgan fingerprint density at radius 2 is 1.74 bits per heavy atom. The minimum absolute atomic E-state index is 0.0321. The van der Waals surface area contributed by atoms with Gasteiger partial charge in [-0.25, -0.2) is 0 Å². The maximum Gasteiger partial charge on any atom is 0.228 e. The number of carbonyl (C=O) groups is 1. The van der Waals surface area contributed by atoms with Crippen molar-refractivity contribution < 1.29 is 9.90 Å². The van der Waals surface area contributed by atoms with E-state index in [1.165, 1.54) is 5.56 Å². The van der Waals surface area contributed by atoms with E-state index in [4.69, 9.17) is 0 Å². The summed E-state index contributed by atoms with van der Waals surface area (Å²) in [6.07, 6.45) is 2.10. The molecular formula is C29H34N4O2. The van der Waals surface area contributed by atoms with E-state index in [9.17, 15) is 9.90 Å². The van der Waals surface area contributed by atoms with Crippen molar-refractivity contribution in [3.8, 4) is 0 Å². The van der Waals surface area contributed by atoms with Crippen molar-refractivity contribution in [2.45, 2.75) is 44.6 Å².